The molecule has 2 rings (SSSR count). The third-order valence-electron chi connectivity index (χ3n) is 4.50. The smallest absolute Gasteiger partial charge is 0.239 e. The van der Waals surface area contributed by atoms with Crippen LogP contribution in [0.2, 0.25) is 0 Å². The highest BCUT2D eigenvalue weighted by Crippen LogP contribution is 2.31. The van der Waals surface area contributed by atoms with E-state index in [0.717, 1.165) is 30.9 Å². The summed E-state index contributed by atoms with van der Waals surface area (Å²) in [6.07, 6.45) is 2.87. The van der Waals surface area contributed by atoms with Crippen LogP contribution in [0.1, 0.15) is 35.3 Å². The molecule has 1 aromatic heterocycles. The van der Waals surface area contributed by atoms with Crippen molar-refractivity contribution in [1.82, 2.24) is 4.90 Å². The number of nitrogens with one attached hydrogen (secondary N) is 1. The fourth-order valence-electron chi connectivity index (χ4n) is 2.78. The molecule has 0 bridgehead atoms. The van der Waals surface area contributed by atoms with Gasteiger partial charge in [0.05, 0.1) is 17.6 Å². The quantitative estimate of drug-likeness (QED) is 0.749. The van der Waals surface area contributed by atoms with Crippen LogP contribution >= 0.6 is 11.3 Å². The number of hydrogen-bond donors (Lipinski definition) is 2. The van der Waals surface area contributed by atoms with Gasteiger partial charge < -0.3 is 15.2 Å². The van der Waals surface area contributed by atoms with Crippen LogP contribution in [-0.2, 0) is 9.53 Å². The van der Waals surface area contributed by atoms with Crippen LogP contribution in [0.5, 0.6) is 0 Å². The predicted molar refractivity (Wildman–Crippen MR) is 94.3 cm³/mol. The zero-order valence-corrected chi connectivity index (χ0v) is 15.2. The number of carbonyl (C=O) groups excluding carboxylic acids is 1. The maximum Gasteiger partial charge on any atom is 0.239 e. The van der Waals surface area contributed by atoms with E-state index in [0.29, 0.717) is 19.6 Å². The molecule has 2 heterocycles. The average Bonchev–Trinajstić information content (AvgIpc) is 2.76. The minimum absolute atomic E-state index is 0.0639. The number of hydrogen-bond acceptors (Lipinski definition) is 5. The van der Waals surface area contributed by atoms with E-state index < -0.39 is 0 Å². The fraction of sp³-hybridized carbons (Fsp3) is 0.706. The molecule has 130 valence electrons. The summed E-state index contributed by atoms with van der Waals surface area (Å²) in [5, 5.41) is 12.8. The molecule has 1 aromatic rings. The largest absolute Gasteiger partial charge is 0.396 e. The van der Waals surface area contributed by atoms with Gasteiger partial charge >= 0.3 is 0 Å². The Balaban J connectivity index is 1.73. The molecule has 6 heteroatoms. The van der Waals surface area contributed by atoms with Gasteiger partial charge in [0.15, 0.2) is 0 Å². The van der Waals surface area contributed by atoms with Gasteiger partial charge in [0.1, 0.15) is 0 Å². The average molecular weight is 340 g/mol. The number of carbonyl (C=O) groups is 1. The Kier molecular flexibility index (Phi) is 7.02. The van der Waals surface area contributed by atoms with Crippen LogP contribution in [0.25, 0.3) is 0 Å². The van der Waals surface area contributed by atoms with Crippen LogP contribution < -0.4 is 5.32 Å². The van der Waals surface area contributed by atoms with Crippen molar-refractivity contribution in [3.05, 3.63) is 16.0 Å². The van der Waals surface area contributed by atoms with Crippen LogP contribution in [-0.4, -0.2) is 54.9 Å². The van der Waals surface area contributed by atoms with Gasteiger partial charge in [0.25, 0.3) is 0 Å². The number of aliphatic hydroxyl groups excluding tert-OH is 1. The highest BCUT2D eigenvalue weighted by molar-refractivity contribution is 7.16. The van der Waals surface area contributed by atoms with Gasteiger partial charge in [-0.05, 0) is 51.2 Å². The van der Waals surface area contributed by atoms with Crippen molar-refractivity contribution in [1.29, 1.82) is 0 Å². The van der Waals surface area contributed by atoms with Crippen LogP contribution in [0.15, 0.2) is 0 Å². The van der Waals surface area contributed by atoms with Crippen molar-refractivity contribution in [2.24, 2.45) is 0 Å². The molecule has 1 amide bonds. The molecule has 0 atom stereocenters. The molecule has 0 spiro atoms. The topological polar surface area (TPSA) is 61.8 Å². The van der Waals surface area contributed by atoms with E-state index >= 15 is 0 Å². The molecule has 0 radical (unpaired) electrons. The number of aliphatic hydroxyl groups is 1. The Morgan fingerprint density at radius 3 is 2.57 bits per heavy atom. The number of piperidine rings is 1. The third kappa shape index (κ3) is 5.28. The minimum atomic E-state index is 0.0639. The number of ether oxygens (including phenoxy) is 1. The number of amides is 1. The molecular weight excluding hydrogens is 312 g/mol. The van der Waals surface area contributed by atoms with Gasteiger partial charge in [-0.15, -0.1) is 11.3 Å². The van der Waals surface area contributed by atoms with E-state index in [1.807, 2.05) is 0 Å². The van der Waals surface area contributed by atoms with Crippen molar-refractivity contribution in [2.45, 2.75) is 46.1 Å². The summed E-state index contributed by atoms with van der Waals surface area (Å²) >= 11 is 1.65. The lowest BCUT2D eigenvalue weighted by atomic mass is 10.1. The number of rotatable bonds is 7. The van der Waals surface area contributed by atoms with Crippen molar-refractivity contribution >= 4 is 22.2 Å². The predicted octanol–water partition coefficient (Wildman–Crippen LogP) is 2.48. The normalized spacial score (nSPS) is 16.7. The summed E-state index contributed by atoms with van der Waals surface area (Å²) in [6.45, 7) is 9.26. The van der Waals surface area contributed by atoms with E-state index in [9.17, 15) is 4.79 Å². The standard InChI is InChI=1S/C17H28N2O3S/c1-12-13(2)17(23-14(12)3)18-16(21)11-19-7-5-15(6-8-19)22-10-4-9-20/h15,20H,4-11H2,1-3H3,(H,18,21). The lowest BCUT2D eigenvalue weighted by Gasteiger charge is -2.31. The van der Waals surface area contributed by atoms with Crippen molar-refractivity contribution in [3.63, 3.8) is 0 Å². The van der Waals surface area contributed by atoms with Crippen LogP contribution in [0, 0.1) is 20.8 Å². The Labute approximate surface area is 142 Å². The van der Waals surface area contributed by atoms with Crippen molar-refractivity contribution in [2.75, 3.05) is 38.2 Å². The lowest BCUT2D eigenvalue weighted by molar-refractivity contribution is -0.118. The molecule has 0 aromatic carbocycles. The highest BCUT2D eigenvalue weighted by atomic mass is 32.1. The van der Waals surface area contributed by atoms with Gasteiger partial charge in [-0.2, -0.15) is 0 Å². The second-order valence-corrected chi connectivity index (χ2v) is 7.43. The first-order chi connectivity index (χ1) is 11.0. The van der Waals surface area contributed by atoms with Gasteiger partial charge in [0.2, 0.25) is 5.91 Å². The zero-order chi connectivity index (χ0) is 16.8. The fourth-order valence-corrected chi connectivity index (χ4v) is 3.86. The first-order valence-electron chi connectivity index (χ1n) is 8.32. The Morgan fingerprint density at radius 1 is 1.30 bits per heavy atom. The van der Waals surface area contributed by atoms with E-state index in [4.69, 9.17) is 9.84 Å². The Bertz CT molecular complexity index is 522. The molecule has 23 heavy (non-hydrogen) atoms. The number of thiophene rings is 1. The van der Waals surface area contributed by atoms with Crippen molar-refractivity contribution in [3.8, 4) is 0 Å². The second kappa shape index (κ2) is 8.78. The van der Waals surface area contributed by atoms with Crippen LogP contribution in [0.3, 0.4) is 0 Å². The molecule has 1 aliphatic rings. The summed E-state index contributed by atoms with van der Waals surface area (Å²) in [5.41, 5.74) is 2.45. The molecule has 1 saturated heterocycles. The monoisotopic (exact) mass is 340 g/mol. The molecule has 0 aliphatic carbocycles. The number of likely N-dealkylation sites (tertiary alicyclic amines) is 1. The summed E-state index contributed by atoms with van der Waals surface area (Å²) in [6, 6.07) is 0. The van der Waals surface area contributed by atoms with Gasteiger partial charge in [-0.25, -0.2) is 0 Å². The van der Waals surface area contributed by atoms with Gasteiger partial charge in [-0.3, -0.25) is 9.69 Å². The maximum atomic E-state index is 12.2. The molecule has 1 fully saturated rings. The maximum absolute atomic E-state index is 12.2. The molecule has 1 aliphatic heterocycles. The zero-order valence-electron chi connectivity index (χ0n) is 14.4. The third-order valence-corrected chi connectivity index (χ3v) is 5.72. The Hall–Kier alpha value is -0.950. The van der Waals surface area contributed by atoms with Gasteiger partial charge in [0, 0.05) is 31.2 Å². The second-order valence-electron chi connectivity index (χ2n) is 6.21. The molecule has 2 N–H and O–H groups in total. The Morgan fingerprint density at radius 2 is 2.00 bits per heavy atom. The van der Waals surface area contributed by atoms with E-state index in [1.54, 1.807) is 11.3 Å². The first kappa shape index (κ1) is 18.4. The first-order valence-corrected chi connectivity index (χ1v) is 9.14. The van der Waals surface area contributed by atoms with Crippen LogP contribution in [0.4, 0.5) is 5.00 Å². The summed E-state index contributed by atoms with van der Waals surface area (Å²) in [5.74, 6) is 0.0639. The number of aryl methyl sites for hydroxylation is 1. The summed E-state index contributed by atoms with van der Waals surface area (Å²) in [7, 11) is 0. The SMILES string of the molecule is Cc1sc(NC(=O)CN2CCC(OCCCO)CC2)c(C)c1C. The minimum Gasteiger partial charge on any atom is -0.396 e. The molecule has 0 unspecified atom stereocenters. The highest BCUT2D eigenvalue weighted by Gasteiger charge is 2.21. The summed E-state index contributed by atoms with van der Waals surface area (Å²) < 4.78 is 5.72. The van der Waals surface area contributed by atoms with E-state index in [2.05, 4.69) is 31.0 Å². The lowest BCUT2D eigenvalue weighted by Crippen LogP contribution is -2.41. The van der Waals surface area contributed by atoms with Crippen molar-refractivity contribution < 1.29 is 14.6 Å². The molecular formula is C17H28N2O3S. The van der Waals surface area contributed by atoms with E-state index in [1.165, 1.54) is 16.0 Å². The van der Waals surface area contributed by atoms with Gasteiger partial charge in [-0.1, -0.05) is 0 Å². The number of anilines is 1. The number of nitrogens with zero attached hydrogens (tertiary/aromatic N) is 1. The molecule has 0 saturated carbocycles. The molecule has 5 nitrogen and oxygen atoms in total. The van der Waals surface area contributed by atoms with E-state index in [-0.39, 0.29) is 18.6 Å². The summed E-state index contributed by atoms with van der Waals surface area (Å²) in [4.78, 5) is 15.7.